The van der Waals surface area contributed by atoms with Crippen LogP contribution in [0.5, 0.6) is 17.2 Å². The number of thiocarbonyl (C=S) groups is 1. The molecule has 0 heterocycles. The smallest absolute Gasteiger partial charge is 0.273 e. The van der Waals surface area contributed by atoms with Crippen molar-refractivity contribution in [2.24, 2.45) is 0 Å². The average Bonchev–Trinajstić information content (AvgIpc) is 2.79. The van der Waals surface area contributed by atoms with Gasteiger partial charge in [0, 0.05) is 6.08 Å². The van der Waals surface area contributed by atoms with Gasteiger partial charge in [-0.25, -0.2) is 0 Å². The van der Waals surface area contributed by atoms with Gasteiger partial charge in [0.25, 0.3) is 5.91 Å². The quantitative estimate of drug-likeness (QED) is 0.328. The topological polar surface area (TPSA) is 97.9 Å². The first kappa shape index (κ1) is 23.7. The number of methoxy groups -OCH3 is 2. The number of carbonyl (C=O) groups excluding carboxylic acids is 2. The molecule has 0 saturated carbocycles. The van der Waals surface area contributed by atoms with Gasteiger partial charge in [-0.2, -0.15) is 0 Å². The van der Waals surface area contributed by atoms with Gasteiger partial charge < -0.3 is 14.2 Å². The Morgan fingerprint density at radius 2 is 1.74 bits per heavy atom. The lowest BCUT2D eigenvalue weighted by Gasteiger charge is -2.13. The van der Waals surface area contributed by atoms with Gasteiger partial charge in [-0.05, 0) is 54.5 Å². The van der Waals surface area contributed by atoms with Gasteiger partial charge in [0.05, 0.1) is 26.4 Å². The van der Waals surface area contributed by atoms with Gasteiger partial charge in [-0.3, -0.25) is 25.8 Å². The van der Waals surface area contributed by atoms with Crippen LogP contribution in [0, 0.1) is 0 Å². The molecule has 0 radical (unpaired) electrons. The van der Waals surface area contributed by atoms with Gasteiger partial charge in [0.1, 0.15) is 5.75 Å². The molecule has 0 aliphatic heterocycles. The van der Waals surface area contributed by atoms with Crippen molar-refractivity contribution in [3.63, 3.8) is 0 Å². The predicted molar refractivity (Wildman–Crippen MR) is 122 cm³/mol. The Bertz CT molecular complexity index is 962. The van der Waals surface area contributed by atoms with E-state index in [1.54, 1.807) is 55.7 Å². The summed E-state index contributed by atoms with van der Waals surface area (Å²) >= 11 is 5.05. The minimum absolute atomic E-state index is 0.0535. The van der Waals surface area contributed by atoms with E-state index in [2.05, 4.69) is 16.2 Å². The second-order valence-electron chi connectivity index (χ2n) is 6.19. The number of hydrogen-bond acceptors (Lipinski definition) is 6. The maximum absolute atomic E-state index is 12.4. The Morgan fingerprint density at radius 3 is 2.45 bits per heavy atom. The summed E-state index contributed by atoms with van der Waals surface area (Å²) in [6, 6.07) is 12.1. The molecule has 0 unspecified atom stereocenters. The molecule has 2 rings (SSSR count). The highest BCUT2D eigenvalue weighted by Gasteiger charge is 2.12. The number of ether oxygens (including phenoxy) is 3. The third-order valence-corrected chi connectivity index (χ3v) is 4.16. The maximum Gasteiger partial charge on any atom is 0.273 e. The largest absolute Gasteiger partial charge is 0.493 e. The van der Waals surface area contributed by atoms with E-state index in [9.17, 15) is 9.59 Å². The Labute approximate surface area is 186 Å². The molecule has 0 aliphatic rings. The Balaban J connectivity index is 1.88. The number of hydrazine groups is 1. The Morgan fingerprint density at radius 1 is 1.00 bits per heavy atom. The standard InChI is InChI=1S/C22H25N3O5S/c1-4-13-30-17-8-6-5-7-16(17)21(27)24-25-22(31)23-20(26)12-10-15-9-11-18(28-2)19(14-15)29-3/h5-12,14H,4,13H2,1-3H3,(H,24,27)(H2,23,25,26,31). The lowest BCUT2D eigenvalue weighted by molar-refractivity contribution is -0.115. The lowest BCUT2D eigenvalue weighted by Crippen LogP contribution is -2.48. The van der Waals surface area contributed by atoms with Crippen LogP contribution in [0.3, 0.4) is 0 Å². The zero-order valence-electron chi connectivity index (χ0n) is 17.6. The van der Waals surface area contributed by atoms with Gasteiger partial charge in [-0.1, -0.05) is 25.1 Å². The van der Waals surface area contributed by atoms with Crippen molar-refractivity contribution in [1.29, 1.82) is 0 Å². The molecular formula is C22H25N3O5S. The van der Waals surface area contributed by atoms with Crippen LogP contribution < -0.4 is 30.4 Å². The molecule has 164 valence electrons. The summed E-state index contributed by atoms with van der Waals surface area (Å²) in [6.07, 6.45) is 3.73. The number of benzene rings is 2. The number of hydrogen-bond donors (Lipinski definition) is 3. The van der Waals surface area contributed by atoms with Crippen LogP contribution >= 0.6 is 12.2 Å². The van der Waals surface area contributed by atoms with Crippen LogP contribution in [0.15, 0.2) is 48.5 Å². The van der Waals surface area contributed by atoms with Gasteiger partial charge >= 0.3 is 0 Å². The first-order chi connectivity index (χ1) is 15.0. The van der Waals surface area contributed by atoms with Crippen LogP contribution in [0.2, 0.25) is 0 Å². The van der Waals surface area contributed by atoms with Crippen LogP contribution in [-0.2, 0) is 4.79 Å². The average molecular weight is 444 g/mol. The molecule has 31 heavy (non-hydrogen) atoms. The normalized spacial score (nSPS) is 10.3. The summed E-state index contributed by atoms with van der Waals surface area (Å²) in [6.45, 7) is 2.48. The molecule has 9 heteroatoms. The first-order valence-electron chi connectivity index (χ1n) is 9.51. The maximum atomic E-state index is 12.4. The molecule has 2 amide bonds. The third-order valence-electron chi connectivity index (χ3n) is 3.95. The summed E-state index contributed by atoms with van der Waals surface area (Å²) < 4.78 is 16.0. The van der Waals surface area contributed by atoms with E-state index in [1.807, 2.05) is 6.92 Å². The van der Waals surface area contributed by atoms with Crippen LogP contribution in [0.1, 0.15) is 29.3 Å². The molecule has 0 aliphatic carbocycles. The van der Waals surface area contributed by atoms with E-state index >= 15 is 0 Å². The number of rotatable bonds is 8. The van der Waals surface area contributed by atoms with Gasteiger partial charge in [0.2, 0.25) is 5.91 Å². The van der Waals surface area contributed by atoms with Crippen LogP contribution in [0.25, 0.3) is 6.08 Å². The molecular weight excluding hydrogens is 418 g/mol. The van der Waals surface area contributed by atoms with Crippen molar-refractivity contribution in [1.82, 2.24) is 16.2 Å². The fraction of sp³-hybridized carbons (Fsp3) is 0.227. The van der Waals surface area contributed by atoms with Crippen molar-refractivity contribution < 1.29 is 23.8 Å². The van der Waals surface area contributed by atoms with Crippen molar-refractivity contribution in [2.75, 3.05) is 20.8 Å². The molecule has 0 bridgehead atoms. The predicted octanol–water partition coefficient (Wildman–Crippen LogP) is 2.84. The second kappa shape index (κ2) is 12.2. The van der Waals surface area contributed by atoms with E-state index in [0.717, 1.165) is 12.0 Å². The fourth-order valence-electron chi connectivity index (χ4n) is 2.49. The van der Waals surface area contributed by atoms with Crippen LogP contribution in [0.4, 0.5) is 0 Å². The van der Waals surface area contributed by atoms with Crippen molar-refractivity contribution in [3.8, 4) is 17.2 Å². The highest BCUT2D eigenvalue weighted by Crippen LogP contribution is 2.27. The molecule has 2 aromatic carbocycles. The number of nitrogens with one attached hydrogen (secondary N) is 3. The number of carbonyl (C=O) groups is 2. The fourth-order valence-corrected chi connectivity index (χ4v) is 2.64. The summed E-state index contributed by atoms with van der Waals surface area (Å²) in [5, 5.41) is 2.40. The zero-order chi connectivity index (χ0) is 22.6. The highest BCUT2D eigenvalue weighted by atomic mass is 32.1. The molecule has 8 nitrogen and oxygen atoms in total. The third kappa shape index (κ3) is 7.31. The van der Waals surface area contributed by atoms with E-state index in [1.165, 1.54) is 13.2 Å². The Kier molecular flexibility index (Phi) is 9.31. The van der Waals surface area contributed by atoms with Crippen LogP contribution in [-0.4, -0.2) is 37.8 Å². The van der Waals surface area contributed by atoms with E-state index in [0.29, 0.717) is 29.4 Å². The molecule has 3 N–H and O–H groups in total. The van der Waals surface area contributed by atoms with E-state index in [4.69, 9.17) is 26.4 Å². The first-order valence-corrected chi connectivity index (χ1v) is 9.92. The molecule has 0 saturated heterocycles. The number of para-hydroxylation sites is 1. The SMILES string of the molecule is CCCOc1ccccc1C(=O)NNC(=S)NC(=O)C=Cc1ccc(OC)c(OC)c1. The zero-order valence-corrected chi connectivity index (χ0v) is 18.4. The molecule has 0 atom stereocenters. The van der Waals surface area contributed by atoms with Crippen molar-refractivity contribution in [2.45, 2.75) is 13.3 Å². The van der Waals surface area contributed by atoms with E-state index < -0.39 is 11.8 Å². The molecule has 2 aromatic rings. The lowest BCUT2D eigenvalue weighted by atomic mass is 10.2. The molecule has 0 fully saturated rings. The summed E-state index contributed by atoms with van der Waals surface area (Å²) in [4.78, 5) is 24.5. The minimum Gasteiger partial charge on any atom is -0.493 e. The highest BCUT2D eigenvalue weighted by molar-refractivity contribution is 7.80. The van der Waals surface area contributed by atoms with Crippen molar-refractivity contribution in [3.05, 3.63) is 59.7 Å². The van der Waals surface area contributed by atoms with Gasteiger partial charge in [-0.15, -0.1) is 0 Å². The van der Waals surface area contributed by atoms with E-state index in [-0.39, 0.29) is 5.11 Å². The molecule has 0 spiro atoms. The molecule has 0 aromatic heterocycles. The minimum atomic E-state index is -0.465. The second-order valence-corrected chi connectivity index (χ2v) is 6.60. The van der Waals surface area contributed by atoms with Crippen molar-refractivity contribution >= 4 is 35.2 Å². The van der Waals surface area contributed by atoms with Gasteiger partial charge in [0.15, 0.2) is 16.6 Å². The number of amides is 2. The summed E-state index contributed by atoms with van der Waals surface area (Å²) in [5.41, 5.74) is 6.04. The Hall–Kier alpha value is -3.59. The summed E-state index contributed by atoms with van der Waals surface area (Å²) in [7, 11) is 3.08. The summed E-state index contributed by atoms with van der Waals surface area (Å²) in [5.74, 6) is 0.703. The monoisotopic (exact) mass is 443 g/mol.